The molecule has 0 spiro atoms. The third kappa shape index (κ3) is 3.99. The fourth-order valence-electron chi connectivity index (χ4n) is 2.32. The Balaban J connectivity index is 2.20. The van der Waals surface area contributed by atoms with Gasteiger partial charge in [-0.1, -0.05) is 24.4 Å². The summed E-state index contributed by atoms with van der Waals surface area (Å²) in [5, 5.41) is 21.8. The molecule has 21 heavy (non-hydrogen) atoms. The fraction of sp³-hybridized carbons (Fsp3) is 0.333. The number of nitrogens with one attached hydrogen (secondary N) is 1. The molecule has 1 aromatic carbocycles. The number of hydrogen-bond acceptors (Lipinski definition) is 3. The summed E-state index contributed by atoms with van der Waals surface area (Å²) in [6, 6.07) is 5.16. The largest absolute Gasteiger partial charge is 0.505 e. The second-order valence-electron chi connectivity index (χ2n) is 4.96. The summed E-state index contributed by atoms with van der Waals surface area (Å²) >= 11 is 9.04. The molecule has 2 N–H and O–H groups in total. The number of benzene rings is 1. The van der Waals surface area contributed by atoms with Crippen LogP contribution in [0.4, 0.5) is 0 Å². The van der Waals surface area contributed by atoms with Crippen molar-refractivity contribution in [3.05, 3.63) is 32.8 Å². The highest BCUT2D eigenvalue weighted by atomic mass is 79.9. The smallest absolute Gasteiger partial charge is 0.262 e. The monoisotopic (exact) mass is 368 g/mol. The first-order valence-electron chi connectivity index (χ1n) is 6.62. The number of carbonyl (C=O) groups is 1. The predicted octanol–water partition coefficient (Wildman–Crippen LogP) is 3.77. The maximum atomic E-state index is 12.1. The van der Waals surface area contributed by atoms with Gasteiger partial charge in [-0.15, -0.1) is 0 Å². The normalized spacial score (nSPS) is 15.8. The van der Waals surface area contributed by atoms with Crippen molar-refractivity contribution in [3.63, 3.8) is 0 Å². The molecule has 1 aromatic rings. The van der Waals surface area contributed by atoms with Gasteiger partial charge in [-0.05, 0) is 52.5 Å². The lowest BCUT2D eigenvalue weighted by molar-refractivity contribution is -0.117. The summed E-state index contributed by atoms with van der Waals surface area (Å²) in [6.45, 7) is 0. The number of halogens is 2. The quantitative estimate of drug-likeness (QED) is 0.629. The average molecular weight is 370 g/mol. The Morgan fingerprint density at radius 2 is 2.14 bits per heavy atom. The Kier molecular flexibility index (Phi) is 5.27. The third-order valence-corrected chi connectivity index (χ3v) is 4.30. The van der Waals surface area contributed by atoms with Gasteiger partial charge in [0.2, 0.25) is 0 Å². The highest BCUT2D eigenvalue weighted by molar-refractivity contribution is 9.10. The van der Waals surface area contributed by atoms with Gasteiger partial charge in [-0.25, -0.2) is 0 Å². The summed E-state index contributed by atoms with van der Waals surface area (Å²) in [5.74, 6) is -0.438. The standard InChI is InChI=1S/C15H14BrClN2O2/c16-12-6-9(7-13(17)14(12)20)5-10(8-18)15(21)19-11-3-1-2-4-11/h5-7,11,20H,1-4H2,(H,19,21)/b10-5-. The van der Waals surface area contributed by atoms with Crippen molar-refractivity contribution in [2.24, 2.45) is 0 Å². The molecule has 0 aliphatic heterocycles. The lowest BCUT2D eigenvalue weighted by Gasteiger charge is -2.11. The molecule has 1 aliphatic rings. The molecule has 1 saturated carbocycles. The van der Waals surface area contributed by atoms with Crippen LogP contribution in [0.2, 0.25) is 5.02 Å². The van der Waals surface area contributed by atoms with Gasteiger partial charge in [-0.3, -0.25) is 4.79 Å². The zero-order chi connectivity index (χ0) is 15.4. The van der Waals surface area contributed by atoms with E-state index in [2.05, 4.69) is 21.2 Å². The molecule has 0 bridgehead atoms. The second-order valence-corrected chi connectivity index (χ2v) is 6.22. The summed E-state index contributed by atoms with van der Waals surface area (Å²) in [5.41, 5.74) is 0.596. The summed E-state index contributed by atoms with van der Waals surface area (Å²) < 4.78 is 0.412. The molecule has 1 amide bonds. The van der Waals surface area contributed by atoms with Crippen molar-refractivity contribution in [1.82, 2.24) is 5.32 Å². The van der Waals surface area contributed by atoms with Gasteiger partial charge < -0.3 is 10.4 Å². The number of phenolic OH excluding ortho intramolecular Hbond substituents is 1. The molecule has 4 nitrogen and oxygen atoms in total. The first-order valence-corrected chi connectivity index (χ1v) is 7.79. The number of phenols is 1. The Bertz CT molecular complexity index is 608. The number of amides is 1. The van der Waals surface area contributed by atoms with Crippen molar-refractivity contribution in [3.8, 4) is 11.8 Å². The topological polar surface area (TPSA) is 73.1 Å². The van der Waals surface area contributed by atoms with E-state index in [0.717, 1.165) is 25.7 Å². The molecule has 0 heterocycles. The van der Waals surface area contributed by atoms with Gasteiger partial charge in [0.05, 0.1) is 9.50 Å². The molecule has 1 aliphatic carbocycles. The maximum Gasteiger partial charge on any atom is 0.262 e. The van der Waals surface area contributed by atoms with Gasteiger partial charge in [0, 0.05) is 6.04 Å². The molecular weight excluding hydrogens is 356 g/mol. The average Bonchev–Trinajstić information content (AvgIpc) is 2.94. The number of nitriles is 1. The Morgan fingerprint density at radius 3 is 2.71 bits per heavy atom. The van der Waals surface area contributed by atoms with Crippen molar-refractivity contribution in [1.29, 1.82) is 5.26 Å². The molecule has 110 valence electrons. The van der Waals surface area contributed by atoms with Crippen LogP contribution in [-0.4, -0.2) is 17.1 Å². The molecule has 0 saturated heterocycles. The van der Waals surface area contributed by atoms with E-state index in [4.69, 9.17) is 16.9 Å². The molecule has 0 unspecified atom stereocenters. The van der Waals surface area contributed by atoms with Gasteiger partial charge in [0.25, 0.3) is 5.91 Å². The molecule has 0 atom stereocenters. The van der Waals surface area contributed by atoms with E-state index in [0.29, 0.717) is 10.0 Å². The van der Waals surface area contributed by atoms with Crippen molar-refractivity contribution >= 4 is 39.5 Å². The minimum absolute atomic E-state index is 0.0237. The first-order chi connectivity index (χ1) is 10.0. The Labute approximate surface area is 136 Å². The maximum absolute atomic E-state index is 12.1. The molecule has 0 aromatic heterocycles. The van der Waals surface area contributed by atoms with Crippen LogP contribution >= 0.6 is 27.5 Å². The highest BCUT2D eigenvalue weighted by Gasteiger charge is 2.19. The Hall–Kier alpha value is -1.51. The van der Waals surface area contributed by atoms with E-state index < -0.39 is 0 Å². The molecule has 2 rings (SSSR count). The van der Waals surface area contributed by atoms with Crippen LogP contribution < -0.4 is 5.32 Å². The number of aromatic hydroxyl groups is 1. The van der Waals surface area contributed by atoms with Crippen LogP contribution in [0.1, 0.15) is 31.2 Å². The summed E-state index contributed by atoms with van der Waals surface area (Å²) in [7, 11) is 0. The zero-order valence-corrected chi connectivity index (χ0v) is 13.5. The van der Waals surface area contributed by atoms with E-state index in [1.54, 1.807) is 6.07 Å². The number of rotatable bonds is 3. The van der Waals surface area contributed by atoms with E-state index in [1.165, 1.54) is 12.1 Å². The minimum Gasteiger partial charge on any atom is -0.505 e. The van der Waals surface area contributed by atoms with Crippen LogP contribution in [0.5, 0.6) is 5.75 Å². The van der Waals surface area contributed by atoms with Gasteiger partial charge in [-0.2, -0.15) is 5.26 Å². The van der Waals surface area contributed by atoms with Gasteiger partial charge in [0.15, 0.2) is 0 Å². The number of carbonyl (C=O) groups excluding carboxylic acids is 1. The van der Waals surface area contributed by atoms with E-state index >= 15 is 0 Å². The predicted molar refractivity (Wildman–Crippen MR) is 84.8 cm³/mol. The van der Waals surface area contributed by atoms with Crippen LogP contribution in [0.15, 0.2) is 22.2 Å². The summed E-state index contributed by atoms with van der Waals surface area (Å²) in [6.07, 6.45) is 5.59. The number of hydrogen-bond donors (Lipinski definition) is 2. The second kappa shape index (κ2) is 6.97. The van der Waals surface area contributed by atoms with E-state index in [1.807, 2.05) is 6.07 Å². The van der Waals surface area contributed by atoms with Crippen LogP contribution in [-0.2, 0) is 4.79 Å². The van der Waals surface area contributed by atoms with Crippen LogP contribution in [0, 0.1) is 11.3 Å². The molecule has 0 radical (unpaired) electrons. The molecular formula is C15H14BrClN2O2. The zero-order valence-electron chi connectivity index (χ0n) is 11.2. The third-order valence-electron chi connectivity index (χ3n) is 3.41. The molecule has 6 heteroatoms. The first kappa shape index (κ1) is 15.9. The van der Waals surface area contributed by atoms with Crippen molar-refractivity contribution < 1.29 is 9.90 Å². The Morgan fingerprint density at radius 1 is 1.48 bits per heavy atom. The fourth-order valence-corrected chi connectivity index (χ4v) is 3.14. The lowest BCUT2D eigenvalue weighted by atomic mass is 10.1. The highest BCUT2D eigenvalue weighted by Crippen LogP contribution is 2.33. The van der Waals surface area contributed by atoms with Gasteiger partial charge in [0.1, 0.15) is 17.4 Å². The lowest BCUT2D eigenvalue weighted by Crippen LogP contribution is -2.33. The summed E-state index contributed by atoms with van der Waals surface area (Å²) in [4.78, 5) is 12.1. The van der Waals surface area contributed by atoms with E-state index in [-0.39, 0.29) is 28.3 Å². The van der Waals surface area contributed by atoms with Crippen molar-refractivity contribution in [2.45, 2.75) is 31.7 Å². The SMILES string of the molecule is N#C/C(=C/c1cc(Cl)c(O)c(Br)c1)C(=O)NC1CCCC1. The van der Waals surface area contributed by atoms with Crippen LogP contribution in [0.3, 0.4) is 0 Å². The van der Waals surface area contributed by atoms with Crippen LogP contribution in [0.25, 0.3) is 6.08 Å². The molecule has 1 fully saturated rings. The van der Waals surface area contributed by atoms with E-state index in [9.17, 15) is 9.90 Å². The van der Waals surface area contributed by atoms with Crippen molar-refractivity contribution in [2.75, 3.05) is 0 Å². The van der Waals surface area contributed by atoms with Gasteiger partial charge >= 0.3 is 0 Å². The minimum atomic E-state index is -0.371. The number of nitrogens with zero attached hydrogens (tertiary/aromatic N) is 1.